The molecule has 16 heavy (non-hydrogen) atoms. The number of anilines is 1. The van der Waals surface area contributed by atoms with E-state index in [0.29, 0.717) is 6.04 Å². The van der Waals surface area contributed by atoms with Crippen molar-refractivity contribution in [3.05, 3.63) is 24.2 Å². The lowest BCUT2D eigenvalue weighted by molar-refractivity contribution is 0.875. The SMILES string of the molecule is CCc1nc(NC(C)C)c2cccnc2n1. The second kappa shape index (κ2) is 4.43. The number of aryl methyl sites for hydroxylation is 1. The summed E-state index contributed by atoms with van der Waals surface area (Å²) in [5.74, 6) is 1.71. The minimum Gasteiger partial charge on any atom is -0.367 e. The van der Waals surface area contributed by atoms with Gasteiger partial charge in [-0.25, -0.2) is 15.0 Å². The number of hydrogen-bond donors (Lipinski definition) is 1. The van der Waals surface area contributed by atoms with Crippen molar-refractivity contribution in [3.63, 3.8) is 0 Å². The van der Waals surface area contributed by atoms with Gasteiger partial charge in [0, 0.05) is 18.7 Å². The molecule has 0 atom stereocenters. The van der Waals surface area contributed by atoms with Gasteiger partial charge in [-0.05, 0) is 26.0 Å². The van der Waals surface area contributed by atoms with E-state index in [4.69, 9.17) is 0 Å². The summed E-state index contributed by atoms with van der Waals surface area (Å²) in [5, 5.41) is 4.31. The van der Waals surface area contributed by atoms with Gasteiger partial charge in [0.2, 0.25) is 0 Å². The number of fused-ring (bicyclic) bond motifs is 1. The maximum atomic E-state index is 4.50. The predicted molar refractivity (Wildman–Crippen MR) is 65.5 cm³/mol. The lowest BCUT2D eigenvalue weighted by atomic mass is 10.3. The van der Waals surface area contributed by atoms with Crippen LogP contribution in [-0.2, 0) is 6.42 Å². The van der Waals surface area contributed by atoms with Gasteiger partial charge in [0.1, 0.15) is 11.6 Å². The highest BCUT2D eigenvalue weighted by molar-refractivity contribution is 5.86. The molecule has 0 saturated heterocycles. The minimum atomic E-state index is 0.350. The largest absolute Gasteiger partial charge is 0.367 e. The average Bonchev–Trinajstić information content (AvgIpc) is 2.28. The molecule has 84 valence electrons. The number of hydrogen-bond acceptors (Lipinski definition) is 4. The molecule has 0 radical (unpaired) electrons. The summed E-state index contributed by atoms with van der Waals surface area (Å²) < 4.78 is 0. The van der Waals surface area contributed by atoms with Crippen molar-refractivity contribution in [1.82, 2.24) is 15.0 Å². The van der Waals surface area contributed by atoms with Crippen molar-refractivity contribution in [2.75, 3.05) is 5.32 Å². The minimum absolute atomic E-state index is 0.350. The molecule has 0 fully saturated rings. The zero-order chi connectivity index (χ0) is 11.5. The van der Waals surface area contributed by atoms with E-state index in [1.165, 1.54) is 0 Å². The molecule has 4 nitrogen and oxygen atoms in total. The maximum Gasteiger partial charge on any atom is 0.164 e. The first kappa shape index (κ1) is 10.8. The fourth-order valence-corrected chi connectivity index (χ4v) is 1.55. The lowest BCUT2D eigenvalue weighted by Gasteiger charge is -2.12. The summed E-state index contributed by atoms with van der Waals surface area (Å²) in [6.07, 6.45) is 2.58. The molecule has 0 aliphatic carbocycles. The van der Waals surface area contributed by atoms with Crippen LogP contribution in [0.2, 0.25) is 0 Å². The Morgan fingerprint density at radius 2 is 2.12 bits per heavy atom. The van der Waals surface area contributed by atoms with Crippen LogP contribution in [0.3, 0.4) is 0 Å². The summed E-state index contributed by atoms with van der Waals surface area (Å²) in [6, 6.07) is 4.25. The number of nitrogens with one attached hydrogen (secondary N) is 1. The normalized spacial score (nSPS) is 11.0. The summed E-state index contributed by atoms with van der Waals surface area (Å²) in [4.78, 5) is 13.2. The summed E-state index contributed by atoms with van der Waals surface area (Å²) in [7, 11) is 0. The number of nitrogens with zero attached hydrogens (tertiary/aromatic N) is 3. The zero-order valence-electron chi connectivity index (χ0n) is 9.86. The third-order valence-electron chi connectivity index (χ3n) is 2.26. The molecular weight excluding hydrogens is 200 g/mol. The monoisotopic (exact) mass is 216 g/mol. The fourth-order valence-electron chi connectivity index (χ4n) is 1.55. The van der Waals surface area contributed by atoms with E-state index >= 15 is 0 Å². The van der Waals surface area contributed by atoms with Crippen molar-refractivity contribution < 1.29 is 0 Å². The van der Waals surface area contributed by atoms with Crippen molar-refractivity contribution in [1.29, 1.82) is 0 Å². The van der Waals surface area contributed by atoms with Crippen molar-refractivity contribution in [2.45, 2.75) is 33.2 Å². The molecule has 0 aliphatic rings. The van der Waals surface area contributed by atoms with Crippen LogP contribution in [0, 0.1) is 0 Å². The molecule has 2 heterocycles. The van der Waals surface area contributed by atoms with E-state index in [0.717, 1.165) is 29.1 Å². The van der Waals surface area contributed by atoms with E-state index in [1.54, 1.807) is 6.20 Å². The number of rotatable bonds is 3. The van der Waals surface area contributed by atoms with Gasteiger partial charge in [-0.3, -0.25) is 0 Å². The van der Waals surface area contributed by atoms with Gasteiger partial charge < -0.3 is 5.32 Å². The van der Waals surface area contributed by atoms with E-state index < -0.39 is 0 Å². The first-order valence-corrected chi connectivity index (χ1v) is 5.59. The molecule has 2 rings (SSSR count). The van der Waals surface area contributed by atoms with E-state index in [9.17, 15) is 0 Å². The van der Waals surface area contributed by atoms with Gasteiger partial charge in [-0.2, -0.15) is 0 Å². The Morgan fingerprint density at radius 3 is 2.81 bits per heavy atom. The quantitative estimate of drug-likeness (QED) is 0.856. The molecule has 1 N–H and O–H groups in total. The Bertz CT molecular complexity index is 493. The van der Waals surface area contributed by atoms with Crippen LogP contribution in [0.5, 0.6) is 0 Å². The second-order valence-electron chi connectivity index (χ2n) is 4.02. The van der Waals surface area contributed by atoms with Gasteiger partial charge in [0.15, 0.2) is 5.65 Å². The molecule has 4 heteroatoms. The third kappa shape index (κ3) is 2.10. The van der Waals surface area contributed by atoms with Crippen molar-refractivity contribution in [2.24, 2.45) is 0 Å². The molecule has 2 aromatic heterocycles. The summed E-state index contributed by atoms with van der Waals surface area (Å²) in [5.41, 5.74) is 0.762. The molecule has 0 aliphatic heterocycles. The molecule has 0 aromatic carbocycles. The lowest BCUT2D eigenvalue weighted by Crippen LogP contribution is -2.13. The van der Waals surface area contributed by atoms with E-state index in [1.807, 2.05) is 19.1 Å². The van der Waals surface area contributed by atoms with Crippen LogP contribution in [-0.4, -0.2) is 21.0 Å². The standard InChI is InChI=1S/C12H16N4/c1-4-10-15-11-9(6-5-7-13-11)12(16-10)14-8(2)3/h5-8H,4H2,1-3H3,(H,13,14,15,16). The van der Waals surface area contributed by atoms with Crippen LogP contribution >= 0.6 is 0 Å². The van der Waals surface area contributed by atoms with Gasteiger partial charge in [0.05, 0.1) is 5.39 Å². The van der Waals surface area contributed by atoms with E-state index in [2.05, 4.69) is 34.1 Å². The Hall–Kier alpha value is -1.71. The topological polar surface area (TPSA) is 50.7 Å². The highest BCUT2D eigenvalue weighted by Crippen LogP contribution is 2.19. The number of aromatic nitrogens is 3. The Balaban J connectivity index is 2.59. The zero-order valence-corrected chi connectivity index (χ0v) is 9.86. The Labute approximate surface area is 95.1 Å². The van der Waals surface area contributed by atoms with Crippen LogP contribution in [0.4, 0.5) is 5.82 Å². The first-order valence-electron chi connectivity index (χ1n) is 5.59. The molecule has 0 bridgehead atoms. The highest BCUT2D eigenvalue weighted by atomic mass is 15.1. The molecular formula is C12H16N4. The van der Waals surface area contributed by atoms with Crippen molar-refractivity contribution >= 4 is 16.9 Å². The predicted octanol–water partition coefficient (Wildman–Crippen LogP) is 2.41. The van der Waals surface area contributed by atoms with Gasteiger partial charge >= 0.3 is 0 Å². The smallest absolute Gasteiger partial charge is 0.164 e. The molecule has 0 saturated carbocycles. The Morgan fingerprint density at radius 1 is 1.31 bits per heavy atom. The molecule has 0 unspecified atom stereocenters. The molecule has 0 spiro atoms. The van der Waals surface area contributed by atoms with Gasteiger partial charge in [0.25, 0.3) is 0 Å². The van der Waals surface area contributed by atoms with Gasteiger partial charge in [-0.1, -0.05) is 6.92 Å². The van der Waals surface area contributed by atoms with E-state index in [-0.39, 0.29) is 0 Å². The van der Waals surface area contributed by atoms with Gasteiger partial charge in [-0.15, -0.1) is 0 Å². The molecule has 0 amide bonds. The molecule has 2 aromatic rings. The fraction of sp³-hybridized carbons (Fsp3) is 0.417. The first-order chi connectivity index (χ1) is 7.70. The summed E-state index contributed by atoms with van der Waals surface area (Å²) in [6.45, 7) is 6.23. The third-order valence-corrected chi connectivity index (χ3v) is 2.26. The van der Waals surface area contributed by atoms with Crippen LogP contribution < -0.4 is 5.32 Å². The van der Waals surface area contributed by atoms with Crippen LogP contribution in [0.1, 0.15) is 26.6 Å². The van der Waals surface area contributed by atoms with Crippen LogP contribution in [0.15, 0.2) is 18.3 Å². The summed E-state index contributed by atoms with van der Waals surface area (Å²) >= 11 is 0. The average molecular weight is 216 g/mol. The van der Waals surface area contributed by atoms with Crippen molar-refractivity contribution in [3.8, 4) is 0 Å². The highest BCUT2D eigenvalue weighted by Gasteiger charge is 2.07. The van der Waals surface area contributed by atoms with Crippen LogP contribution in [0.25, 0.3) is 11.0 Å². The Kier molecular flexibility index (Phi) is 2.99. The second-order valence-corrected chi connectivity index (χ2v) is 4.02. The maximum absolute atomic E-state index is 4.50. The number of pyridine rings is 1.